The number of benzene rings is 1. The second kappa shape index (κ2) is 5.76. The van der Waals surface area contributed by atoms with Gasteiger partial charge in [0.15, 0.2) is 0 Å². The first-order valence-electron chi connectivity index (χ1n) is 7.69. The van der Waals surface area contributed by atoms with Crippen molar-refractivity contribution in [3.05, 3.63) is 41.6 Å². The molecule has 1 fully saturated rings. The van der Waals surface area contributed by atoms with Crippen molar-refractivity contribution in [3.8, 4) is 0 Å². The molecule has 0 bridgehead atoms. The third-order valence-electron chi connectivity index (χ3n) is 3.42. The van der Waals surface area contributed by atoms with Crippen LogP contribution < -0.4 is 10.6 Å². The fourth-order valence-corrected chi connectivity index (χ4v) is 2.24. The lowest BCUT2D eigenvalue weighted by Crippen LogP contribution is -2.27. The highest BCUT2D eigenvalue weighted by atomic mass is 19.1. The Morgan fingerprint density at radius 1 is 1.09 bits per heavy atom. The van der Waals surface area contributed by atoms with Crippen molar-refractivity contribution in [1.29, 1.82) is 0 Å². The van der Waals surface area contributed by atoms with E-state index < -0.39 is 11.6 Å². The summed E-state index contributed by atoms with van der Waals surface area (Å²) in [7, 11) is 0. The Labute approximate surface area is 134 Å². The number of rotatable bonds is 4. The highest BCUT2D eigenvalue weighted by Gasteiger charge is 2.27. The number of nitrogens with one attached hydrogen (secondary N) is 2. The first-order chi connectivity index (χ1) is 10.8. The van der Waals surface area contributed by atoms with Crippen LogP contribution in [0.2, 0.25) is 0 Å². The minimum absolute atomic E-state index is 0.0622. The van der Waals surface area contributed by atoms with E-state index in [1.807, 2.05) is 20.8 Å². The minimum atomic E-state index is -0.525. The predicted octanol–water partition coefficient (Wildman–Crippen LogP) is 4.59. The van der Waals surface area contributed by atoms with Crippen LogP contribution >= 0.6 is 0 Å². The first kappa shape index (κ1) is 15.6. The Kier molecular flexibility index (Phi) is 3.92. The van der Waals surface area contributed by atoms with E-state index in [4.69, 9.17) is 0 Å². The van der Waals surface area contributed by atoms with Gasteiger partial charge in [0.25, 0.3) is 0 Å². The van der Waals surface area contributed by atoms with Crippen LogP contribution in [0.25, 0.3) is 0 Å². The van der Waals surface area contributed by atoms with Crippen LogP contribution in [-0.4, -0.2) is 15.5 Å². The summed E-state index contributed by atoms with van der Waals surface area (Å²) in [6.45, 7) is 6.04. The van der Waals surface area contributed by atoms with Gasteiger partial charge in [0, 0.05) is 23.6 Å². The topological polar surface area (TPSA) is 49.8 Å². The minimum Gasteiger partial charge on any atom is -0.350 e. The standard InChI is InChI=1S/C17H20F2N4/c1-17(2,3)23-16-21-13(10-4-5-10)9-15(22-16)20-14-8-11(18)6-7-12(14)19/h6-10H,4-5H2,1-3H3,(H2,20,21,22,23). The van der Waals surface area contributed by atoms with E-state index in [1.165, 1.54) is 0 Å². The van der Waals surface area contributed by atoms with E-state index in [9.17, 15) is 8.78 Å². The lowest BCUT2D eigenvalue weighted by molar-refractivity contribution is 0.603. The molecule has 122 valence electrons. The van der Waals surface area contributed by atoms with Crippen molar-refractivity contribution >= 4 is 17.5 Å². The van der Waals surface area contributed by atoms with Crippen LogP contribution in [0.5, 0.6) is 0 Å². The summed E-state index contributed by atoms with van der Waals surface area (Å²) < 4.78 is 27.1. The molecular weight excluding hydrogens is 298 g/mol. The Bertz CT molecular complexity index is 721. The van der Waals surface area contributed by atoms with Crippen LogP contribution in [0.3, 0.4) is 0 Å². The van der Waals surface area contributed by atoms with Gasteiger partial charge in [-0.3, -0.25) is 0 Å². The van der Waals surface area contributed by atoms with E-state index in [0.29, 0.717) is 17.7 Å². The molecule has 1 aliphatic carbocycles. The molecule has 0 unspecified atom stereocenters. The molecule has 6 heteroatoms. The molecule has 3 rings (SSSR count). The van der Waals surface area contributed by atoms with E-state index >= 15 is 0 Å². The summed E-state index contributed by atoms with van der Waals surface area (Å²) in [5.41, 5.74) is 0.794. The van der Waals surface area contributed by atoms with Gasteiger partial charge in [-0.15, -0.1) is 0 Å². The van der Waals surface area contributed by atoms with E-state index in [0.717, 1.165) is 36.7 Å². The molecule has 1 heterocycles. The zero-order valence-electron chi connectivity index (χ0n) is 13.5. The van der Waals surface area contributed by atoms with E-state index in [1.54, 1.807) is 6.07 Å². The number of nitrogens with zero attached hydrogens (tertiary/aromatic N) is 2. The molecule has 0 saturated heterocycles. The smallest absolute Gasteiger partial charge is 0.225 e. The second-order valence-corrected chi connectivity index (χ2v) is 6.90. The van der Waals surface area contributed by atoms with Crippen molar-refractivity contribution in [1.82, 2.24) is 9.97 Å². The van der Waals surface area contributed by atoms with Gasteiger partial charge in [-0.05, 0) is 45.7 Å². The van der Waals surface area contributed by atoms with Crippen molar-refractivity contribution in [3.63, 3.8) is 0 Å². The average molecular weight is 318 g/mol. The molecule has 0 spiro atoms. The van der Waals surface area contributed by atoms with E-state index in [2.05, 4.69) is 20.6 Å². The van der Waals surface area contributed by atoms with Gasteiger partial charge in [-0.25, -0.2) is 13.8 Å². The number of aromatic nitrogens is 2. The summed E-state index contributed by atoms with van der Waals surface area (Å²) in [6.07, 6.45) is 2.19. The zero-order valence-corrected chi connectivity index (χ0v) is 13.5. The van der Waals surface area contributed by atoms with Gasteiger partial charge in [0.05, 0.1) is 11.4 Å². The summed E-state index contributed by atoms with van der Waals surface area (Å²) in [6, 6.07) is 5.10. The maximum Gasteiger partial charge on any atom is 0.225 e. The third-order valence-corrected chi connectivity index (χ3v) is 3.42. The average Bonchev–Trinajstić information content (AvgIpc) is 3.25. The Hall–Kier alpha value is -2.24. The highest BCUT2D eigenvalue weighted by Crippen LogP contribution is 2.40. The number of hydrogen-bond donors (Lipinski definition) is 2. The summed E-state index contributed by atoms with van der Waals surface area (Å²) in [5.74, 6) is 0.345. The summed E-state index contributed by atoms with van der Waals surface area (Å²) in [4.78, 5) is 8.90. The normalized spacial score (nSPS) is 14.7. The maximum absolute atomic E-state index is 13.8. The number of halogens is 2. The molecule has 1 aliphatic rings. The Morgan fingerprint density at radius 3 is 2.48 bits per heavy atom. The lowest BCUT2D eigenvalue weighted by atomic mass is 10.1. The molecule has 2 N–H and O–H groups in total. The van der Waals surface area contributed by atoms with Gasteiger partial charge in [-0.1, -0.05) is 0 Å². The molecule has 0 amide bonds. The fourth-order valence-electron chi connectivity index (χ4n) is 2.24. The van der Waals surface area contributed by atoms with Crippen molar-refractivity contribution in [2.45, 2.75) is 45.1 Å². The Morgan fingerprint density at radius 2 is 1.83 bits per heavy atom. The fraction of sp³-hybridized carbons (Fsp3) is 0.412. The third kappa shape index (κ3) is 4.15. The SMILES string of the molecule is CC(C)(C)Nc1nc(Nc2cc(F)ccc2F)cc(C2CC2)n1. The molecule has 0 radical (unpaired) electrons. The van der Waals surface area contributed by atoms with Gasteiger partial charge in [-0.2, -0.15) is 4.98 Å². The number of anilines is 3. The second-order valence-electron chi connectivity index (χ2n) is 6.90. The quantitative estimate of drug-likeness (QED) is 0.866. The molecule has 4 nitrogen and oxygen atoms in total. The monoisotopic (exact) mass is 318 g/mol. The predicted molar refractivity (Wildman–Crippen MR) is 87.0 cm³/mol. The zero-order chi connectivity index (χ0) is 16.6. The molecule has 0 atom stereocenters. The molecule has 23 heavy (non-hydrogen) atoms. The van der Waals surface area contributed by atoms with Crippen LogP contribution in [0, 0.1) is 11.6 Å². The Balaban J connectivity index is 1.92. The van der Waals surface area contributed by atoms with Crippen molar-refractivity contribution < 1.29 is 8.78 Å². The van der Waals surface area contributed by atoms with Crippen molar-refractivity contribution in [2.24, 2.45) is 0 Å². The largest absolute Gasteiger partial charge is 0.350 e. The van der Waals surface area contributed by atoms with Gasteiger partial charge < -0.3 is 10.6 Å². The number of hydrogen-bond acceptors (Lipinski definition) is 4. The van der Waals surface area contributed by atoms with Crippen molar-refractivity contribution in [2.75, 3.05) is 10.6 Å². The maximum atomic E-state index is 13.8. The molecule has 2 aromatic rings. The van der Waals surface area contributed by atoms with Gasteiger partial charge in [0.1, 0.15) is 17.5 Å². The molecule has 1 aromatic carbocycles. The van der Waals surface area contributed by atoms with Crippen LogP contribution in [-0.2, 0) is 0 Å². The lowest BCUT2D eigenvalue weighted by Gasteiger charge is -2.21. The molecule has 1 aromatic heterocycles. The first-order valence-corrected chi connectivity index (χ1v) is 7.69. The van der Waals surface area contributed by atoms with Crippen LogP contribution in [0.1, 0.15) is 45.2 Å². The molecule has 1 saturated carbocycles. The van der Waals surface area contributed by atoms with Gasteiger partial charge >= 0.3 is 0 Å². The van der Waals surface area contributed by atoms with Crippen LogP contribution in [0.15, 0.2) is 24.3 Å². The van der Waals surface area contributed by atoms with Crippen LogP contribution in [0.4, 0.5) is 26.2 Å². The molecular formula is C17H20F2N4. The highest BCUT2D eigenvalue weighted by molar-refractivity contribution is 5.59. The van der Waals surface area contributed by atoms with E-state index in [-0.39, 0.29) is 11.2 Å². The van der Waals surface area contributed by atoms with Gasteiger partial charge in [0.2, 0.25) is 5.95 Å². The molecule has 0 aliphatic heterocycles. The summed E-state index contributed by atoms with van der Waals surface area (Å²) >= 11 is 0. The summed E-state index contributed by atoms with van der Waals surface area (Å²) in [5, 5.41) is 6.08.